The number of likely N-dealkylation sites (tertiary alicyclic amines) is 2. The highest BCUT2D eigenvalue weighted by Crippen LogP contribution is 2.59. The van der Waals surface area contributed by atoms with Crippen LogP contribution >= 0.6 is 0 Å². The van der Waals surface area contributed by atoms with E-state index in [2.05, 4.69) is 32.4 Å². The summed E-state index contributed by atoms with van der Waals surface area (Å²) in [4.78, 5) is 74.4. The number of alkyl carbamates (subject to hydrolysis) is 2. The molecule has 6 aliphatic rings. The van der Waals surface area contributed by atoms with Crippen LogP contribution in [0.2, 0.25) is 0 Å². The number of rotatable bonds is 11. The Morgan fingerprint density at radius 1 is 0.703 bits per heavy atom. The maximum absolute atomic E-state index is 14.2. The van der Waals surface area contributed by atoms with E-state index in [1.165, 1.54) is 0 Å². The van der Waals surface area contributed by atoms with Gasteiger partial charge in [0.15, 0.2) is 0 Å². The van der Waals surface area contributed by atoms with Gasteiger partial charge in [-0.05, 0) is 136 Å². The fraction of sp³-hybridized carbons (Fsp3) is 0.560. The largest absolute Gasteiger partial charge is 0.446 e. The lowest BCUT2D eigenvalue weighted by atomic mass is 9.96. The van der Waals surface area contributed by atoms with Crippen LogP contribution < -0.4 is 10.6 Å². The summed E-state index contributed by atoms with van der Waals surface area (Å²) in [7, 11) is 0. The monoisotopic (exact) mass is 868 g/mol. The molecule has 4 saturated carbocycles. The molecule has 14 heteroatoms. The van der Waals surface area contributed by atoms with Gasteiger partial charge in [-0.1, -0.05) is 51.7 Å². The fourth-order valence-corrected chi connectivity index (χ4v) is 9.92. The van der Waals surface area contributed by atoms with E-state index in [4.69, 9.17) is 19.4 Å². The molecule has 0 radical (unpaired) electrons. The molecular weight excluding hydrogens is 809 g/mol. The van der Waals surface area contributed by atoms with Crippen molar-refractivity contribution >= 4 is 35.0 Å². The maximum atomic E-state index is 14.2. The molecule has 4 aliphatic carbocycles. The number of aromatic nitrogens is 4. The van der Waals surface area contributed by atoms with Crippen molar-refractivity contribution in [2.24, 2.45) is 22.7 Å². The van der Waals surface area contributed by atoms with Crippen molar-refractivity contribution in [2.45, 2.75) is 141 Å². The lowest BCUT2D eigenvalue weighted by Gasteiger charge is -2.31. The summed E-state index contributed by atoms with van der Waals surface area (Å²) < 4.78 is 11.1. The zero-order valence-corrected chi connectivity index (χ0v) is 37.4. The molecule has 6 fully saturated rings. The number of hydrogen-bond donors (Lipinski definition) is 4. The first-order chi connectivity index (χ1) is 30.8. The van der Waals surface area contributed by atoms with Crippen molar-refractivity contribution in [2.75, 3.05) is 13.1 Å². The van der Waals surface area contributed by atoms with Crippen LogP contribution in [0.15, 0.2) is 48.7 Å². The van der Waals surface area contributed by atoms with Crippen molar-refractivity contribution in [3.8, 4) is 23.1 Å². The molecule has 2 saturated heterocycles. The van der Waals surface area contributed by atoms with Crippen molar-refractivity contribution in [1.82, 2.24) is 40.4 Å². The Kier molecular flexibility index (Phi) is 10.9. The number of hydrogen-bond acceptors (Lipinski definition) is 8. The van der Waals surface area contributed by atoms with Gasteiger partial charge < -0.3 is 39.9 Å². The predicted molar refractivity (Wildman–Crippen MR) is 239 cm³/mol. The topological polar surface area (TPSA) is 175 Å². The first kappa shape index (κ1) is 42.1. The highest BCUT2D eigenvalue weighted by atomic mass is 16.6. The third-order valence-electron chi connectivity index (χ3n) is 14.8. The van der Waals surface area contributed by atoms with Gasteiger partial charge in [-0.25, -0.2) is 19.6 Å². The number of aromatic amines is 2. The number of fused-ring (bicyclic) bond motifs is 1. The molecule has 2 spiro atoms. The number of nitrogens with one attached hydrogen (secondary N) is 4. The van der Waals surface area contributed by atoms with Crippen LogP contribution in [0.5, 0.6) is 0 Å². The molecule has 64 heavy (non-hydrogen) atoms. The number of carbonyl (C=O) groups is 4. The molecule has 2 aromatic carbocycles. The quantitative estimate of drug-likeness (QED) is 0.110. The number of nitrogens with zero attached hydrogens (tertiary/aromatic N) is 4. The van der Waals surface area contributed by atoms with E-state index in [1.807, 2.05) is 86.2 Å². The summed E-state index contributed by atoms with van der Waals surface area (Å²) in [5.41, 5.74) is 5.42. The molecule has 1 unspecified atom stereocenters. The first-order valence-corrected chi connectivity index (χ1v) is 23.6. The van der Waals surface area contributed by atoms with E-state index in [9.17, 15) is 19.2 Å². The van der Waals surface area contributed by atoms with Gasteiger partial charge in [0.1, 0.15) is 35.9 Å². The molecule has 2 aliphatic heterocycles. The highest BCUT2D eigenvalue weighted by Gasteiger charge is 2.56. The number of ether oxygens (including phenoxy) is 2. The van der Waals surface area contributed by atoms with Crippen LogP contribution in [0.25, 0.3) is 22.3 Å². The van der Waals surface area contributed by atoms with Crippen molar-refractivity contribution in [1.29, 1.82) is 0 Å². The third kappa shape index (κ3) is 8.58. The van der Waals surface area contributed by atoms with Crippen LogP contribution in [-0.2, 0) is 19.1 Å². The van der Waals surface area contributed by atoms with Crippen molar-refractivity contribution < 1.29 is 28.7 Å². The van der Waals surface area contributed by atoms with Gasteiger partial charge in [0.2, 0.25) is 11.8 Å². The molecule has 336 valence electrons. The van der Waals surface area contributed by atoms with Gasteiger partial charge >= 0.3 is 12.2 Å². The maximum Gasteiger partial charge on any atom is 0.408 e. The Balaban J connectivity index is 0.804. The summed E-state index contributed by atoms with van der Waals surface area (Å²) in [6.45, 7) is 9.14. The second kappa shape index (κ2) is 16.6. The zero-order chi connectivity index (χ0) is 44.3. The average Bonchev–Trinajstić information content (AvgIpc) is 3.86. The van der Waals surface area contributed by atoms with Crippen molar-refractivity contribution in [3.05, 3.63) is 71.4 Å². The van der Waals surface area contributed by atoms with Crippen LogP contribution in [0.1, 0.15) is 140 Å². The Morgan fingerprint density at radius 3 is 1.72 bits per heavy atom. The third-order valence-corrected chi connectivity index (χ3v) is 14.8. The molecule has 14 nitrogen and oxygen atoms in total. The second-order valence-electron chi connectivity index (χ2n) is 20.4. The zero-order valence-electron chi connectivity index (χ0n) is 37.4. The minimum absolute atomic E-state index is 0.0541. The predicted octanol–water partition coefficient (Wildman–Crippen LogP) is 8.07. The molecule has 4 heterocycles. The summed E-state index contributed by atoms with van der Waals surface area (Å²) in [6, 6.07) is 12.2. The van der Waals surface area contributed by atoms with Crippen LogP contribution in [-0.4, -0.2) is 91.1 Å². The Morgan fingerprint density at radius 2 is 1.22 bits per heavy atom. The lowest BCUT2D eigenvalue weighted by molar-refractivity contribution is -0.136. The van der Waals surface area contributed by atoms with E-state index in [0.717, 1.165) is 122 Å². The smallest absolute Gasteiger partial charge is 0.408 e. The Bertz CT molecular complexity index is 2500. The van der Waals surface area contributed by atoms with E-state index in [-0.39, 0.29) is 58.8 Å². The molecule has 4 atom stereocenters. The summed E-state index contributed by atoms with van der Waals surface area (Å²) in [5.74, 6) is 7.75. The molecule has 10 rings (SSSR count). The number of H-pyrrole nitrogens is 2. The first-order valence-electron chi connectivity index (χ1n) is 23.6. The van der Waals surface area contributed by atoms with E-state index < -0.39 is 24.3 Å². The molecule has 2 aromatic heterocycles. The van der Waals surface area contributed by atoms with Gasteiger partial charge in [0, 0.05) is 24.2 Å². The van der Waals surface area contributed by atoms with Crippen LogP contribution in [0, 0.1) is 34.5 Å². The lowest BCUT2D eigenvalue weighted by Crippen LogP contribution is -2.52. The number of imidazole rings is 2. The van der Waals surface area contributed by atoms with Crippen LogP contribution in [0.3, 0.4) is 0 Å². The van der Waals surface area contributed by atoms with Gasteiger partial charge in [-0.3, -0.25) is 9.59 Å². The minimum Gasteiger partial charge on any atom is -0.446 e. The molecule has 4 aromatic rings. The molecule has 4 N–H and O–H groups in total. The summed E-state index contributed by atoms with van der Waals surface area (Å²) in [6.07, 6.45) is 12.3. The standard InChI is InChI=1S/C50H60N8O6/c1-29(2)41(55-47(61)63-34-7-5-8-34)45(59)57-27-49(19-20-49)24-39(57)43-51-26-38(54-43)33-16-13-31(14-17-33)11-12-32-15-18-36-37(23-32)53-44(52-36)40-25-50(21-22-50)28-58(40)46(60)42(30(3)4)56-48(62)64-35-9-6-10-35/h13-18,23,26,29-30,34-35,39-42H,5-10,19-22,24-25,27-28H2,1-4H3,(H,51,54)(H,52,53)(H,55,61)(H,56,62)/t39-,40-,41-,42?/m0/s1. The normalized spacial score (nSPS) is 22.8. The van der Waals surface area contributed by atoms with E-state index in [0.29, 0.717) is 13.1 Å². The number of benzene rings is 2. The summed E-state index contributed by atoms with van der Waals surface area (Å²) in [5, 5.41) is 5.78. The molecule has 4 amide bonds. The van der Waals surface area contributed by atoms with E-state index in [1.54, 1.807) is 0 Å². The fourth-order valence-electron chi connectivity index (χ4n) is 9.92. The number of amides is 4. The van der Waals surface area contributed by atoms with Gasteiger partial charge in [0.25, 0.3) is 0 Å². The van der Waals surface area contributed by atoms with Crippen molar-refractivity contribution in [3.63, 3.8) is 0 Å². The Hall–Kier alpha value is -5.84. The van der Waals surface area contributed by atoms with Gasteiger partial charge in [-0.15, -0.1) is 0 Å². The van der Waals surface area contributed by atoms with E-state index >= 15 is 0 Å². The molecule has 0 bridgehead atoms. The second-order valence-corrected chi connectivity index (χ2v) is 20.4. The summed E-state index contributed by atoms with van der Waals surface area (Å²) >= 11 is 0. The number of carbonyl (C=O) groups excluding carboxylic acids is 4. The van der Waals surface area contributed by atoms with Gasteiger partial charge in [-0.2, -0.15) is 0 Å². The molecular formula is C50H60N8O6. The van der Waals surface area contributed by atoms with Crippen LogP contribution in [0.4, 0.5) is 9.59 Å². The van der Waals surface area contributed by atoms with Gasteiger partial charge in [0.05, 0.1) is 35.0 Å². The average molecular weight is 869 g/mol. The highest BCUT2D eigenvalue weighted by molar-refractivity contribution is 5.88. The minimum atomic E-state index is -0.682. The SMILES string of the molecule is CC(C)C(NC(=O)OC1CCC1)C(=O)N1CC2(CC2)C[C@H]1c1nc2ccc(C#Cc3ccc(-c4cnc([C@@H]5CC6(CC6)CN5C(=O)[C@@H](NC(=O)OC5CCC5)C(C)C)[nH]4)cc3)cc2[nH]1. The Labute approximate surface area is 374 Å².